The molecule has 0 N–H and O–H groups in total. The number of methoxy groups -OCH3 is 2. The van der Waals surface area contributed by atoms with Crippen molar-refractivity contribution >= 4 is 10.0 Å². The molecule has 1 saturated heterocycles. The van der Waals surface area contributed by atoms with Crippen LogP contribution in [0.5, 0.6) is 11.5 Å². The lowest BCUT2D eigenvalue weighted by Crippen LogP contribution is -2.49. The van der Waals surface area contributed by atoms with Gasteiger partial charge in [-0.3, -0.25) is 9.58 Å². The van der Waals surface area contributed by atoms with Gasteiger partial charge in [0, 0.05) is 51.2 Å². The minimum atomic E-state index is -3.63. The van der Waals surface area contributed by atoms with Gasteiger partial charge in [-0.15, -0.1) is 0 Å². The van der Waals surface area contributed by atoms with Crippen molar-refractivity contribution in [2.45, 2.75) is 11.4 Å². The van der Waals surface area contributed by atoms with Gasteiger partial charge >= 0.3 is 0 Å². The number of benzene rings is 1. The third kappa shape index (κ3) is 4.00. The molecule has 0 bridgehead atoms. The summed E-state index contributed by atoms with van der Waals surface area (Å²) in [7, 11) is -0.658. The zero-order valence-electron chi connectivity index (χ0n) is 15.0. The number of ether oxygens (including phenoxy) is 2. The molecule has 2 heterocycles. The summed E-state index contributed by atoms with van der Waals surface area (Å²) in [4.78, 5) is 2.39. The second-order valence-electron chi connectivity index (χ2n) is 6.03. The third-order valence-electron chi connectivity index (χ3n) is 4.52. The molecule has 0 saturated carbocycles. The smallest absolute Gasteiger partial charge is 0.246 e. The van der Waals surface area contributed by atoms with E-state index in [1.165, 1.54) is 24.6 Å². The fraction of sp³-hybridized carbons (Fsp3) is 0.471. The summed E-state index contributed by atoms with van der Waals surface area (Å²) in [6.07, 6.45) is 3.68. The number of hydrogen-bond acceptors (Lipinski definition) is 6. The quantitative estimate of drug-likeness (QED) is 0.711. The van der Waals surface area contributed by atoms with E-state index >= 15 is 0 Å². The Morgan fingerprint density at radius 2 is 1.85 bits per heavy atom. The summed E-state index contributed by atoms with van der Waals surface area (Å²) in [5, 5.41) is 4.19. The minimum Gasteiger partial charge on any atom is -0.497 e. The molecule has 1 aromatic carbocycles. The Bertz CT molecular complexity index is 815. The lowest BCUT2D eigenvalue weighted by Gasteiger charge is -2.34. The number of rotatable bonds is 7. The fourth-order valence-electron chi connectivity index (χ4n) is 2.99. The largest absolute Gasteiger partial charge is 0.497 e. The molecular weight excluding hydrogens is 356 g/mol. The van der Waals surface area contributed by atoms with E-state index in [-0.39, 0.29) is 4.90 Å². The first-order valence-corrected chi connectivity index (χ1v) is 9.90. The fourth-order valence-corrected chi connectivity index (χ4v) is 4.59. The van der Waals surface area contributed by atoms with Gasteiger partial charge in [0.1, 0.15) is 16.4 Å². The molecule has 2 aromatic rings. The lowest BCUT2D eigenvalue weighted by molar-refractivity contribution is 0.181. The first kappa shape index (κ1) is 18.7. The summed E-state index contributed by atoms with van der Waals surface area (Å²) in [6.45, 7) is 3.91. The predicted octanol–water partition coefficient (Wildman–Crippen LogP) is 0.907. The topological polar surface area (TPSA) is 76.9 Å². The Morgan fingerprint density at radius 1 is 1.08 bits per heavy atom. The van der Waals surface area contributed by atoms with Crippen LogP contribution >= 0.6 is 0 Å². The van der Waals surface area contributed by atoms with E-state index in [1.54, 1.807) is 18.3 Å². The van der Waals surface area contributed by atoms with Crippen molar-refractivity contribution in [1.82, 2.24) is 19.0 Å². The number of aromatic nitrogens is 2. The molecule has 3 rings (SSSR count). The van der Waals surface area contributed by atoms with Crippen LogP contribution in [0.2, 0.25) is 0 Å². The highest BCUT2D eigenvalue weighted by Gasteiger charge is 2.31. The second-order valence-corrected chi connectivity index (χ2v) is 7.94. The highest BCUT2D eigenvalue weighted by molar-refractivity contribution is 7.89. The minimum absolute atomic E-state index is 0.143. The van der Waals surface area contributed by atoms with Gasteiger partial charge < -0.3 is 9.47 Å². The van der Waals surface area contributed by atoms with Gasteiger partial charge in [0.15, 0.2) is 0 Å². The van der Waals surface area contributed by atoms with Gasteiger partial charge in [0.25, 0.3) is 0 Å². The van der Waals surface area contributed by atoms with Crippen molar-refractivity contribution in [1.29, 1.82) is 0 Å². The van der Waals surface area contributed by atoms with Crippen LogP contribution in [0.15, 0.2) is 41.6 Å². The monoisotopic (exact) mass is 380 g/mol. The van der Waals surface area contributed by atoms with Crippen LogP contribution in [0.4, 0.5) is 0 Å². The molecule has 26 heavy (non-hydrogen) atoms. The van der Waals surface area contributed by atoms with E-state index in [0.29, 0.717) is 37.7 Å². The van der Waals surface area contributed by atoms with Crippen LogP contribution < -0.4 is 9.47 Å². The summed E-state index contributed by atoms with van der Waals surface area (Å²) in [5.41, 5.74) is 0. The Labute approximate surface area is 154 Å². The summed E-state index contributed by atoms with van der Waals surface area (Å²) in [6, 6.07) is 6.71. The lowest BCUT2D eigenvalue weighted by atomic mass is 10.3. The molecule has 1 aliphatic rings. The Balaban J connectivity index is 1.66. The number of piperazine rings is 1. The second kappa shape index (κ2) is 8.07. The van der Waals surface area contributed by atoms with Gasteiger partial charge in [-0.2, -0.15) is 9.40 Å². The van der Waals surface area contributed by atoms with Crippen molar-refractivity contribution in [2.75, 3.05) is 46.9 Å². The van der Waals surface area contributed by atoms with Gasteiger partial charge in [0.2, 0.25) is 10.0 Å². The predicted molar refractivity (Wildman–Crippen MR) is 97.0 cm³/mol. The Hall–Kier alpha value is -2.10. The molecule has 8 nitrogen and oxygen atoms in total. The van der Waals surface area contributed by atoms with Crippen LogP contribution in [-0.2, 0) is 16.6 Å². The van der Waals surface area contributed by atoms with Gasteiger partial charge in [-0.25, -0.2) is 8.42 Å². The molecule has 142 valence electrons. The number of sulfonamides is 1. The number of hydrogen-bond donors (Lipinski definition) is 0. The van der Waals surface area contributed by atoms with E-state index in [1.807, 2.05) is 16.9 Å². The van der Waals surface area contributed by atoms with Crippen LogP contribution in [0.1, 0.15) is 0 Å². The van der Waals surface area contributed by atoms with Gasteiger partial charge in [0.05, 0.1) is 20.8 Å². The number of nitrogens with zero attached hydrogens (tertiary/aromatic N) is 4. The Morgan fingerprint density at radius 3 is 2.46 bits per heavy atom. The zero-order chi connectivity index (χ0) is 18.6. The van der Waals surface area contributed by atoms with Crippen LogP contribution in [0.25, 0.3) is 0 Å². The van der Waals surface area contributed by atoms with E-state index in [0.717, 1.165) is 13.1 Å². The van der Waals surface area contributed by atoms with Crippen molar-refractivity contribution in [3.05, 3.63) is 36.7 Å². The average Bonchev–Trinajstić information content (AvgIpc) is 3.19. The van der Waals surface area contributed by atoms with Crippen molar-refractivity contribution in [3.8, 4) is 11.5 Å². The molecule has 0 amide bonds. The van der Waals surface area contributed by atoms with E-state index in [2.05, 4.69) is 10.00 Å². The molecule has 1 fully saturated rings. The molecule has 1 aromatic heterocycles. The maximum Gasteiger partial charge on any atom is 0.246 e. The standard InChI is InChI=1S/C17H24N4O4S/c1-24-15-4-5-16(25-2)17(14-15)26(22,23)21-12-9-19(10-13-21)8-11-20-7-3-6-18-20/h3-7,14H,8-13H2,1-2H3. The zero-order valence-corrected chi connectivity index (χ0v) is 15.9. The van der Waals surface area contributed by atoms with E-state index in [4.69, 9.17) is 9.47 Å². The summed E-state index contributed by atoms with van der Waals surface area (Å²) < 4.78 is 39.9. The molecular formula is C17H24N4O4S. The molecule has 9 heteroatoms. The van der Waals surface area contributed by atoms with E-state index in [9.17, 15) is 8.42 Å². The molecule has 0 atom stereocenters. The molecule has 0 aliphatic carbocycles. The molecule has 0 radical (unpaired) electrons. The molecule has 0 spiro atoms. The first-order valence-electron chi connectivity index (χ1n) is 8.46. The maximum atomic E-state index is 13.0. The molecule has 1 aliphatic heterocycles. The van der Waals surface area contributed by atoms with Crippen molar-refractivity contribution in [2.24, 2.45) is 0 Å². The van der Waals surface area contributed by atoms with E-state index < -0.39 is 10.0 Å². The van der Waals surface area contributed by atoms with Gasteiger partial charge in [-0.1, -0.05) is 0 Å². The highest BCUT2D eigenvalue weighted by Crippen LogP contribution is 2.31. The van der Waals surface area contributed by atoms with Crippen molar-refractivity contribution in [3.63, 3.8) is 0 Å². The van der Waals surface area contributed by atoms with Crippen molar-refractivity contribution < 1.29 is 17.9 Å². The normalized spacial score (nSPS) is 16.5. The van der Waals surface area contributed by atoms with Crippen LogP contribution in [-0.4, -0.2) is 74.3 Å². The molecule has 0 unspecified atom stereocenters. The highest BCUT2D eigenvalue weighted by atomic mass is 32.2. The third-order valence-corrected chi connectivity index (χ3v) is 6.44. The summed E-state index contributed by atoms with van der Waals surface area (Å²) in [5.74, 6) is 0.814. The van der Waals surface area contributed by atoms with Crippen LogP contribution in [0, 0.1) is 0 Å². The SMILES string of the molecule is COc1ccc(OC)c(S(=O)(=O)N2CCN(CCn3cccn3)CC2)c1. The van der Waals surface area contributed by atoms with Gasteiger partial charge in [-0.05, 0) is 18.2 Å². The summed E-state index contributed by atoms with van der Waals surface area (Å²) >= 11 is 0. The first-order chi connectivity index (χ1) is 12.5. The maximum absolute atomic E-state index is 13.0. The Kier molecular flexibility index (Phi) is 5.80. The van der Waals surface area contributed by atoms with Crippen LogP contribution in [0.3, 0.4) is 0 Å². The average molecular weight is 380 g/mol.